The van der Waals surface area contributed by atoms with Crippen molar-refractivity contribution >= 4 is 0 Å². The second-order valence-corrected chi connectivity index (χ2v) is 5.62. The summed E-state index contributed by atoms with van der Waals surface area (Å²) < 4.78 is 13.2. The molecule has 5 nitrogen and oxygen atoms in total. The monoisotopic (exact) mass is 291 g/mol. The van der Waals surface area contributed by atoms with E-state index < -0.39 is 0 Å². The maximum atomic E-state index is 5.77. The molecule has 2 aromatic heterocycles. The van der Waals surface area contributed by atoms with Gasteiger partial charge in [0, 0.05) is 12.1 Å². The van der Waals surface area contributed by atoms with Crippen molar-refractivity contribution in [3.63, 3.8) is 0 Å². The van der Waals surface area contributed by atoms with Crippen LogP contribution in [0.5, 0.6) is 5.75 Å². The van der Waals surface area contributed by atoms with Crippen molar-refractivity contribution in [3.05, 3.63) is 36.0 Å². The predicted molar refractivity (Wildman–Crippen MR) is 82.1 cm³/mol. The number of hydrogen-bond acceptors (Lipinski definition) is 4. The molecule has 0 unspecified atom stereocenters. The summed E-state index contributed by atoms with van der Waals surface area (Å²) in [4.78, 5) is 0. The van der Waals surface area contributed by atoms with Gasteiger partial charge in [0.15, 0.2) is 5.75 Å². The zero-order chi connectivity index (χ0) is 15.1. The third-order valence-electron chi connectivity index (χ3n) is 3.13. The lowest BCUT2D eigenvalue weighted by molar-refractivity contribution is 0.300. The van der Waals surface area contributed by atoms with E-state index in [1.54, 1.807) is 12.5 Å². The first-order valence-corrected chi connectivity index (χ1v) is 7.60. The summed E-state index contributed by atoms with van der Waals surface area (Å²) in [6.45, 7) is 9.64. The Morgan fingerprint density at radius 1 is 1.43 bits per heavy atom. The van der Waals surface area contributed by atoms with E-state index in [2.05, 4.69) is 31.2 Å². The van der Waals surface area contributed by atoms with E-state index in [-0.39, 0.29) is 0 Å². The van der Waals surface area contributed by atoms with E-state index in [4.69, 9.17) is 9.15 Å². The quantitative estimate of drug-likeness (QED) is 0.771. The topological polar surface area (TPSA) is 52.2 Å². The lowest BCUT2D eigenvalue weighted by atomic mass is 10.2. The first-order chi connectivity index (χ1) is 10.2. The first kappa shape index (κ1) is 15.6. The highest BCUT2D eigenvalue weighted by atomic mass is 16.5. The van der Waals surface area contributed by atoms with Crippen molar-refractivity contribution < 1.29 is 9.15 Å². The zero-order valence-electron chi connectivity index (χ0n) is 13.1. The highest BCUT2D eigenvalue weighted by molar-refractivity contribution is 5.18. The number of aryl methyl sites for hydroxylation is 1. The molecule has 0 radical (unpaired) electrons. The minimum absolute atomic E-state index is 0.507. The summed E-state index contributed by atoms with van der Waals surface area (Å²) in [5, 5.41) is 7.63. The molecule has 0 saturated carbocycles. The van der Waals surface area contributed by atoms with E-state index in [9.17, 15) is 0 Å². The molecule has 0 aliphatic heterocycles. The standard InChI is InChI=1S/C16H25N3O2/c1-4-6-19-11-15(9-18-19)21-12-14-5-7-20-16(14)10-17-8-13(2)3/h5,7,9,11,13,17H,4,6,8,10,12H2,1-3H3. The summed E-state index contributed by atoms with van der Waals surface area (Å²) in [6.07, 6.45) is 6.47. The Bertz CT molecular complexity index is 531. The van der Waals surface area contributed by atoms with Crippen LogP contribution in [0.2, 0.25) is 0 Å². The van der Waals surface area contributed by atoms with Crippen LogP contribution in [0.4, 0.5) is 0 Å². The van der Waals surface area contributed by atoms with Crippen LogP contribution in [0.1, 0.15) is 38.5 Å². The molecule has 116 valence electrons. The van der Waals surface area contributed by atoms with Gasteiger partial charge in [-0.1, -0.05) is 20.8 Å². The van der Waals surface area contributed by atoms with Crippen LogP contribution < -0.4 is 10.1 Å². The van der Waals surface area contributed by atoms with Crippen molar-refractivity contribution in [2.24, 2.45) is 5.92 Å². The molecule has 21 heavy (non-hydrogen) atoms. The second kappa shape index (κ2) is 7.88. The molecule has 0 aliphatic rings. The Hall–Kier alpha value is -1.75. The lowest BCUT2D eigenvalue weighted by Gasteiger charge is -2.07. The number of ether oxygens (including phenoxy) is 1. The largest absolute Gasteiger partial charge is 0.485 e. The number of nitrogens with zero attached hydrogens (tertiary/aromatic N) is 2. The molecule has 0 saturated heterocycles. The van der Waals surface area contributed by atoms with Gasteiger partial charge in [0.2, 0.25) is 0 Å². The summed E-state index contributed by atoms with van der Waals surface area (Å²) in [7, 11) is 0. The Labute approximate surface area is 126 Å². The van der Waals surface area contributed by atoms with Crippen molar-refractivity contribution in [1.82, 2.24) is 15.1 Å². The number of rotatable bonds is 9. The molecule has 0 aromatic carbocycles. The van der Waals surface area contributed by atoms with E-state index in [1.165, 1.54) is 0 Å². The molecule has 5 heteroatoms. The van der Waals surface area contributed by atoms with Crippen molar-refractivity contribution in [3.8, 4) is 5.75 Å². The summed E-state index contributed by atoms with van der Waals surface area (Å²) in [6, 6.07) is 1.96. The molecule has 1 N–H and O–H groups in total. The normalized spacial score (nSPS) is 11.2. The lowest BCUT2D eigenvalue weighted by Crippen LogP contribution is -2.19. The van der Waals surface area contributed by atoms with Gasteiger partial charge in [-0.3, -0.25) is 4.68 Å². The van der Waals surface area contributed by atoms with Gasteiger partial charge in [-0.15, -0.1) is 0 Å². The number of nitrogens with one attached hydrogen (secondary N) is 1. The van der Waals surface area contributed by atoms with E-state index in [0.717, 1.165) is 43.1 Å². The number of furan rings is 1. The Kier molecular flexibility index (Phi) is 5.87. The number of hydrogen-bond donors (Lipinski definition) is 1. The van der Waals surface area contributed by atoms with Gasteiger partial charge in [-0.05, 0) is 24.9 Å². The van der Waals surface area contributed by atoms with Gasteiger partial charge in [0.25, 0.3) is 0 Å². The summed E-state index contributed by atoms with van der Waals surface area (Å²) in [5.41, 5.74) is 1.08. The van der Waals surface area contributed by atoms with Crippen molar-refractivity contribution in [1.29, 1.82) is 0 Å². The smallest absolute Gasteiger partial charge is 0.157 e. The first-order valence-electron chi connectivity index (χ1n) is 7.60. The predicted octanol–water partition coefficient (Wildman–Crippen LogP) is 3.21. The molecule has 2 aromatic rings. The highest BCUT2D eigenvalue weighted by Gasteiger charge is 2.08. The van der Waals surface area contributed by atoms with Gasteiger partial charge >= 0.3 is 0 Å². The molecule has 0 bridgehead atoms. The van der Waals surface area contributed by atoms with Gasteiger partial charge in [-0.25, -0.2) is 0 Å². The Morgan fingerprint density at radius 2 is 2.29 bits per heavy atom. The van der Waals surface area contributed by atoms with Crippen molar-refractivity contribution in [2.45, 2.75) is 46.9 Å². The molecular weight excluding hydrogens is 266 g/mol. The van der Waals surface area contributed by atoms with E-state index in [1.807, 2.05) is 16.9 Å². The minimum atomic E-state index is 0.507. The fraction of sp³-hybridized carbons (Fsp3) is 0.562. The zero-order valence-corrected chi connectivity index (χ0v) is 13.1. The molecule has 0 fully saturated rings. The van der Waals surface area contributed by atoms with E-state index >= 15 is 0 Å². The maximum absolute atomic E-state index is 5.77. The average Bonchev–Trinajstić information content (AvgIpc) is 3.06. The molecule has 0 aliphatic carbocycles. The summed E-state index contributed by atoms with van der Waals surface area (Å²) in [5.74, 6) is 2.37. The third-order valence-corrected chi connectivity index (χ3v) is 3.13. The average molecular weight is 291 g/mol. The summed E-state index contributed by atoms with van der Waals surface area (Å²) >= 11 is 0. The molecule has 0 amide bonds. The molecular formula is C16H25N3O2. The van der Waals surface area contributed by atoms with Crippen LogP contribution in [-0.4, -0.2) is 16.3 Å². The Balaban J connectivity index is 1.83. The van der Waals surface area contributed by atoms with Gasteiger partial charge in [-0.2, -0.15) is 5.10 Å². The third kappa shape index (κ3) is 4.93. The number of aromatic nitrogens is 2. The van der Waals surface area contributed by atoms with Crippen LogP contribution in [0.15, 0.2) is 29.1 Å². The molecule has 2 rings (SSSR count). The van der Waals surface area contributed by atoms with Crippen molar-refractivity contribution in [2.75, 3.05) is 6.54 Å². The van der Waals surface area contributed by atoms with Gasteiger partial charge in [0.1, 0.15) is 12.4 Å². The van der Waals surface area contributed by atoms with Crippen LogP contribution in [0.25, 0.3) is 0 Å². The minimum Gasteiger partial charge on any atom is -0.485 e. The molecule has 0 spiro atoms. The van der Waals surface area contributed by atoms with Gasteiger partial charge < -0.3 is 14.5 Å². The SMILES string of the molecule is CCCn1cc(OCc2ccoc2CNCC(C)C)cn1. The van der Waals surface area contributed by atoms with Crippen LogP contribution in [0, 0.1) is 5.92 Å². The Morgan fingerprint density at radius 3 is 3.05 bits per heavy atom. The molecule has 2 heterocycles. The maximum Gasteiger partial charge on any atom is 0.157 e. The second-order valence-electron chi connectivity index (χ2n) is 5.62. The van der Waals surface area contributed by atoms with Crippen LogP contribution >= 0.6 is 0 Å². The van der Waals surface area contributed by atoms with Gasteiger partial charge in [0.05, 0.1) is 25.2 Å². The highest BCUT2D eigenvalue weighted by Crippen LogP contribution is 2.15. The fourth-order valence-electron chi connectivity index (χ4n) is 2.06. The van der Waals surface area contributed by atoms with Crippen LogP contribution in [-0.2, 0) is 19.7 Å². The van der Waals surface area contributed by atoms with E-state index in [0.29, 0.717) is 12.5 Å². The molecule has 0 atom stereocenters. The fourth-order valence-corrected chi connectivity index (χ4v) is 2.06. The van der Waals surface area contributed by atoms with Crippen LogP contribution in [0.3, 0.4) is 0 Å².